The van der Waals surface area contributed by atoms with Crippen LogP contribution in [-0.2, 0) is 19.6 Å². The number of hydrogen-bond acceptors (Lipinski definition) is 19. The molecule has 2 amide bonds. The standard InChI is InChI=1S/2C21H19N5OS2.C11H7ClOS.C10H13N5S/c2*1-13-12-29-20(22-13)19-24-23-18-14(2)25(9-10-26(18)19)21(27)16-7-5-15(6-8-16)17-4-3-11-28-17;12-11(13)9-5-3-8(4-6-9)10-2-1-7-14-10;1-6-5-16-10(12-6)9-14-13-8-7(2)11-3-4-15(8)9/h2*3-8,11-12,14H,9-10H2,1-2H3;1-7H;5,7,11H,3-4H2,1-2H3/t14-;;;/m1.../s1. The molecule has 2 unspecified atom stereocenters. The zero-order valence-electron chi connectivity index (χ0n) is 48.6. The Bertz CT molecular complexity index is 4150. The molecule has 9 aromatic heterocycles. The molecule has 1 N–H and O–H groups in total. The van der Waals surface area contributed by atoms with Crippen LogP contribution in [0, 0.1) is 20.8 Å². The zero-order valence-corrected chi connectivity index (χ0v) is 54.3. The average molecular weight is 1300 g/mol. The maximum absolute atomic E-state index is 13.2. The van der Waals surface area contributed by atoms with Crippen LogP contribution in [0.25, 0.3) is 63.8 Å². The Hall–Kier alpha value is -8.07. The summed E-state index contributed by atoms with van der Waals surface area (Å²) in [4.78, 5) is 58.0. The first-order valence-electron chi connectivity index (χ1n) is 28.3. The molecule has 3 aliphatic rings. The number of nitrogens with one attached hydrogen (secondary N) is 1. The number of nitrogens with zero attached hydrogens (tertiary/aromatic N) is 14. The number of aryl methyl sites for hydroxylation is 3. The van der Waals surface area contributed by atoms with Crippen molar-refractivity contribution in [3.8, 4) is 63.8 Å². The van der Waals surface area contributed by atoms with Gasteiger partial charge in [-0.2, -0.15) is 0 Å². The molecule has 446 valence electrons. The van der Waals surface area contributed by atoms with E-state index in [1.165, 1.54) is 14.6 Å². The molecule has 0 aliphatic carbocycles. The number of amides is 2. The minimum atomic E-state index is -0.414. The molecule has 25 heteroatoms. The van der Waals surface area contributed by atoms with E-state index in [9.17, 15) is 14.4 Å². The van der Waals surface area contributed by atoms with E-state index in [1.54, 1.807) is 80.2 Å². The second-order valence-corrected chi connectivity index (χ2v) is 26.7. The van der Waals surface area contributed by atoms with Gasteiger partial charge in [0.15, 0.2) is 44.1 Å². The number of fused-ring (bicyclic) bond motifs is 3. The first kappa shape index (κ1) is 60.2. The van der Waals surface area contributed by atoms with Crippen LogP contribution in [0.4, 0.5) is 0 Å². The highest BCUT2D eigenvalue weighted by Crippen LogP contribution is 2.35. The highest BCUT2D eigenvalue weighted by molar-refractivity contribution is 7.14. The van der Waals surface area contributed by atoms with Crippen molar-refractivity contribution in [2.75, 3.05) is 19.6 Å². The summed E-state index contributed by atoms with van der Waals surface area (Å²) in [6.45, 7) is 16.5. The van der Waals surface area contributed by atoms with Gasteiger partial charge in [0.05, 0.1) is 18.1 Å². The zero-order chi connectivity index (χ0) is 61.0. The van der Waals surface area contributed by atoms with Gasteiger partial charge in [0.2, 0.25) is 0 Å². The van der Waals surface area contributed by atoms with Gasteiger partial charge in [-0.3, -0.25) is 14.4 Å². The number of rotatable bonds is 9. The van der Waals surface area contributed by atoms with Crippen molar-refractivity contribution in [1.29, 1.82) is 0 Å². The lowest BCUT2D eigenvalue weighted by Gasteiger charge is -2.33. The van der Waals surface area contributed by atoms with E-state index in [0.717, 1.165) is 96.8 Å². The lowest BCUT2D eigenvalue weighted by atomic mass is 10.1. The lowest BCUT2D eigenvalue weighted by molar-refractivity contribution is 0.0631. The predicted octanol–water partition coefficient (Wildman–Crippen LogP) is 14.5. The van der Waals surface area contributed by atoms with Crippen LogP contribution in [-0.4, -0.2) is 106 Å². The topological polar surface area (TPSA) is 201 Å². The Labute approximate surface area is 536 Å². The maximum atomic E-state index is 13.2. The van der Waals surface area contributed by atoms with E-state index in [2.05, 4.69) is 94.4 Å². The summed E-state index contributed by atoms with van der Waals surface area (Å²) in [7, 11) is 0. The van der Waals surface area contributed by atoms with Gasteiger partial charge in [-0.1, -0.05) is 54.6 Å². The smallest absolute Gasteiger partial charge is 0.254 e. The van der Waals surface area contributed by atoms with Gasteiger partial charge in [-0.15, -0.1) is 98.6 Å². The number of halogens is 1. The van der Waals surface area contributed by atoms with Crippen LogP contribution in [0.3, 0.4) is 0 Å². The molecule has 3 aromatic carbocycles. The van der Waals surface area contributed by atoms with Crippen molar-refractivity contribution in [2.45, 2.75) is 79.3 Å². The highest BCUT2D eigenvalue weighted by Gasteiger charge is 2.34. The van der Waals surface area contributed by atoms with Crippen LogP contribution in [0.2, 0.25) is 0 Å². The molecule has 0 fully saturated rings. The fraction of sp³-hybridized carbons (Fsp3) is 0.238. The molecule has 3 atom stereocenters. The van der Waals surface area contributed by atoms with Crippen molar-refractivity contribution in [3.63, 3.8) is 0 Å². The van der Waals surface area contributed by atoms with E-state index in [4.69, 9.17) is 11.6 Å². The van der Waals surface area contributed by atoms with E-state index < -0.39 is 5.24 Å². The maximum Gasteiger partial charge on any atom is 0.254 e. The summed E-state index contributed by atoms with van der Waals surface area (Å²) in [5, 5.41) is 43.9. The summed E-state index contributed by atoms with van der Waals surface area (Å²) < 4.78 is 6.35. The fourth-order valence-electron chi connectivity index (χ4n) is 10.5. The van der Waals surface area contributed by atoms with Gasteiger partial charge >= 0.3 is 0 Å². The Morgan fingerprint density at radius 1 is 0.443 bits per heavy atom. The highest BCUT2D eigenvalue weighted by atomic mass is 35.5. The van der Waals surface area contributed by atoms with Crippen molar-refractivity contribution in [3.05, 3.63) is 193 Å². The molecule has 88 heavy (non-hydrogen) atoms. The van der Waals surface area contributed by atoms with E-state index >= 15 is 0 Å². The third kappa shape index (κ3) is 12.9. The Kier molecular flexibility index (Phi) is 18.3. The van der Waals surface area contributed by atoms with Gasteiger partial charge in [-0.05, 0) is 141 Å². The van der Waals surface area contributed by atoms with Gasteiger partial charge in [0.1, 0.15) is 5.82 Å². The summed E-state index contributed by atoms with van der Waals surface area (Å²) in [6, 6.07) is 35.3. The molecular weight excluding hydrogens is 1240 g/mol. The summed E-state index contributed by atoms with van der Waals surface area (Å²) in [5.74, 6) is 5.16. The third-order valence-corrected chi connectivity index (χ3v) is 20.9. The van der Waals surface area contributed by atoms with Crippen molar-refractivity contribution in [1.82, 2.24) is 74.4 Å². The number of thiophene rings is 3. The van der Waals surface area contributed by atoms with Gasteiger partial charge in [-0.25, -0.2) is 15.0 Å². The summed E-state index contributed by atoms with van der Waals surface area (Å²) >= 11 is 15.2. The van der Waals surface area contributed by atoms with E-state index in [1.807, 2.05) is 151 Å². The molecule has 12 heterocycles. The molecule has 0 spiro atoms. The lowest BCUT2D eigenvalue weighted by Crippen LogP contribution is -2.41. The van der Waals surface area contributed by atoms with Crippen LogP contribution < -0.4 is 5.32 Å². The summed E-state index contributed by atoms with van der Waals surface area (Å²) in [6.07, 6.45) is 0. The minimum absolute atomic E-state index is 0.0242. The van der Waals surface area contributed by atoms with Crippen molar-refractivity contribution < 1.29 is 14.4 Å². The molecule has 0 saturated carbocycles. The normalized spacial score (nSPS) is 15.8. The molecule has 3 aliphatic heterocycles. The number of hydrogen-bond donors (Lipinski definition) is 1. The Morgan fingerprint density at radius 3 is 1.12 bits per heavy atom. The SMILES string of the molecule is Cc1csc(-c2nnc3n2CCN(C(=O)c2ccc(-c4cccs4)cc2)C3C)n1.Cc1csc(-c2nnc3n2CCN(C(=O)c2ccc(-c4cccs4)cc2)[C@@H]3C)n1.Cc1csc(-c2nnc3n2CCNC3C)n1.O=C(Cl)c1ccc(-c2cccs2)cc1. The number of thiazole rings is 3. The van der Waals surface area contributed by atoms with Crippen LogP contribution in [0.15, 0.2) is 141 Å². The number of carbonyl (C=O) groups excluding carboxylic acids is 3. The van der Waals surface area contributed by atoms with Crippen molar-refractivity contribution in [2.24, 2.45) is 0 Å². The molecule has 12 aromatic rings. The van der Waals surface area contributed by atoms with Gasteiger partial charge < -0.3 is 28.8 Å². The molecule has 15 rings (SSSR count). The predicted molar refractivity (Wildman–Crippen MR) is 352 cm³/mol. The van der Waals surface area contributed by atoms with Crippen molar-refractivity contribution >= 4 is 96.7 Å². The monoisotopic (exact) mass is 1300 g/mol. The fourth-order valence-corrected chi connectivity index (χ4v) is 15.2. The number of aromatic nitrogens is 12. The first-order chi connectivity index (χ1) is 42.8. The van der Waals surface area contributed by atoms with Gasteiger partial charge in [0, 0.05) is 104 Å². The van der Waals surface area contributed by atoms with Crippen LogP contribution in [0.1, 0.15) is 105 Å². The number of benzene rings is 3. The third-order valence-electron chi connectivity index (χ3n) is 15.1. The molecule has 0 bridgehead atoms. The quantitative estimate of drug-likeness (QED) is 0.134. The molecule has 0 radical (unpaired) electrons. The number of carbonyl (C=O) groups is 3. The van der Waals surface area contributed by atoms with Gasteiger partial charge in [0.25, 0.3) is 17.1 Å². The van der Waals surface area contributed by atoms with Crippen LogP contribution in [0.5, 0.6) is 0 Å². The Balaban J connectivity index is 0.000000120. The largest absolute Gasteiger partial charge is 0.327 e. The van der Waals surface area contributed by atoms with E-state index in [-0.39, 0.29) is 29.9 Å². The first-order valence-corrected chi connectivity index (χ1v) is 34.0. The van der Waals surface area contributed by atoms with E-state index in [0.29, 0.717) is 42.9 Å². The molecule has 0 saturated heterocycles. The minimum Gasteiger partial charge on any atom is -0.327 e. The average Bonchev–Trinajstić information content (AvgIpc) is 2.98. The summed E-state index contributed by atoms with van der Waals surface area (Å²) in [5.41, 5.74) is 8.30. The second kappa shape index (κ2) is 26.7. The second-order valence-electron chi connectivity index (χ2n) is 20.9. The Morgan fingerprint density at radius 2 is 0.795 bits per heavy atom. The van der Waals surface area contributed by atoms with Crippen LogP contribution >= 0.6 is 79.6 Å². The molecular formula is C63H58ClN15O3S6. The molecule has 18 nitrogen and oxygen atoms in total.